The van der Waals surface area contributed by atoms with E-state index in [1.807, 2.05) is 30.3 Å². The summed E-state index contributed by atoms with van der Waals surface area (Å²) in [6.45, 7) is 0.622. The van der Waals surface area contributed by atoms with E-state index in [1.54, 1.807) is 0 Å². The van der Waals surface area contributed by atoms with Crippen LogP contribution in [0, 0.1) is 10.1 Å². The van der Waals surface area contributed by atoms with E-state index in [-0.39, 0.29) is 23.1 Å². The molecular formula is C14H12N6O3S. The van der Waals surface area contributed by atoms with Crippen molar-refractivity contribution in [2.45, 2.75) is 13.1 Å². The molecule has 0 saturated carbocycles. The number of aromatic nitrogens is 4. The van der Waals surface area contributed by atoms with Crippen LogP contribution in [-0.2, 0) is 13.1 Å². The quantitative estimate of drug-likeness (QED) is 0.536. The van der Waals surface area contributed by atoms with Gasteiger partial charge in [-0.05, 0) is 5.56 Å². The average molecular weight is 344 g/mol. The number of hydrogen-bond acceptors (Lipinski definition) is 7. The van der Waals surface area contributed by atoms with Crippen molar-refractivity contribution in [1.82, 2.24) is 25.3 Å². The third-order valence-electron chi connectivity index (χ3n) is 3.08. The van der Waals surface area contributed by atoms with Gasteiger partial charge in [-0.3, -0.25) is 19.6 Å². The Morgan fingerprint density at radius 2 is 2.08 bits per heavy atom. The van der Waals surface area contributed by atoms with Crippen molar-refractivity contribution in [2.75, 3.05) is 0 Å². The Bertz CT molecular complexity index is 860. The van der Waals surface area contributed by atoms with Gasteiger partial charge in [0.05, 0.1) is 11.5 Å². The van der Waals surface area contributed by atoms with Gasteiger partial charge in [0.2, 0.25) is 5.01 Å². The molecule has 1 amide bonds. The molecule has 3 rings (SSSR count). The fourth-order valence-electron chi connectivity index (χ4n) is 1.94. The summed E-state index contributed by atoms with van der Waals surface area (Å²) in [5, 5.41) is 25.8. The lowest BCUT2D eigenvalue weighted by atomic mass is 10.2. The van der Waals surface area contributed by atoms with Crippen molar-refractivity contribution in [3.63, 3.8) is 0 Å². The minimum Gasteiger partial charge on any atom is -0.346 e. The summed E-state index contributed by atoms with van der Waals surface area (Å²) in [5.74, 6) is -0.311. The topological polar surface area (TPSA) is 116 Å². The number of carbonyl (C=O) groups excluding carboxylic acids is 1. The van der Waals surface area contributed by atoms with Gasteiger partial charge in [-0.25, -0.2) is 0 Å². The van der Waals surface area contributed by atoms with E-state index in [2.05, 4.69) is 20.6 Å². The smallest absolute Gasteiger partial charge is 0.307 e. The number of hydrogen-bond donors (Lipinski definition) is 1. The zero-order valence-corrected chi connectivity index (χ0v) is 13.1. The minimum absolute atomic E-state index is 0.0969. The second-order valence-electron chi connectivity index (χ2n) is 4.82. The maximum absolute atomic E-state index is 12.1. The summed E-state index contributed by atoms with van der Waals surface area (Å²) in [4.78, 5) is 22.2. The van der Waals surface area contributed by atoms with Gasteiger partial charge in [0.25, 0.3) is 5.91 Å². The summed E-state index contributed by atoms with van der Waals surface area (Å²) in [6, 6.07) is 9.52. The monoisotopic (exact) mass is 344 g/mol. The molecule has 0 aliphatic heterocycles. The summed E-state index contributed by atoms with van der Waals surface area (Å²) >= 11 is 1.12. The second-order valence-corrected chi connectivity index (χ2v) is 5.88. The van der Waals surface area contributed by atoms with E-state index in [1.165, 1.54) is 10.9 Å². The van der Waals surface area contributed by atoms with Crippen LogP contribution in [0.1, 0.15) is 20.4 Å². The molecule has 10 heteroatoms. The van der Waals surface area contributed by atoms with E-state index in [4.69, 9.17) is 0 Å². The highest BCUT2D eigenvalue weighted by Gasteiger charge is 2.14. The number of carbonyl (C=O) groups is 1. The van der Waals surface area contributed by atoms with Crippen molar-refractivity contribution < 1.29 is 9.72 Å². The van der Waals surface area contributed by atoms with Crippen LogP contribution in [0.5, 0.6) is 0 Å². The predicted molar refractivity (Wildman–Crippen MR) is 85.5 cm³/mol. The molecule has 2 heterocycles. The number of amides is 1. The predicted octanol–water partition coefficient (Wildman–Crippen LogP) is 1.62. The lowest BCUT2D eigenvalue weighted by molar-refractivity contribution is -0.385. The Labute approximate surface area is 140 Å². The molecular weight excluding hydrogens is 332 g/mol. The van der Waals surface area contributed by atoms with E-state index in [9.17, 15) is 14.9 Å². The van der Waals surface area contributed by atoms with Crippen LogP contribution in [0.25, 0.3) is 0 Å². The Balaban J connectivity index is 1.60. The number of benzene rings is 1. The molecule has 0 aliphatic rings. The van der Waals surface area contributed by atoms with Gasteiger partial charge < -0.3 is 5.32 Å². The van der Waals surface area contributed by atoms with E-state index in [0.717, 1.165) is 23.1 Å². The Morgan fingerprint density at radius 3 is 2.79 bits per heavy atom. The largest absolute Gasteiger partial charge is 0.346 e. The van der Waals surface area contributed by atoms with Crippen LogP contribution in [0.4, 0.5) is 5.69 Å². The van der Waals surface area contributed by atoms with Gasteiger partial charge >= 0.3 is 5.69 Å². The molecule has 1 aromatic carbocycles. The zero-order valence-electron chi connectivity index (χ0n) is 12.3. The zero-order chi connectivity index (χ0) is 16.9. The minimum atomic E-state index is -0.522. The van der Waals surface area contributed by atoms with Crippen LogP contribution < -0.4 is 5.32 Å². The van der Waals surface area contributed by atoms with Crippen molar-refractivity contribution >= 4 is 22.9 Å². The summed E-state index contributed by atoms with van der Waals surface area (Å²) in [7, 11) is 0. The molecule has 9 nitrogen and oxygen atoms in total. The molecule has 0 saturated heterocycles. The molecule has 1 N–H and O–H groups in total. The molecule has 0 radical (unpaired) electrons. The Kier molecular flexibility index (Phi) is 4.57. The van der Waals surface area contributed by atoms with Crippen LogP contribution in [0.3, 0.4) is 0 Å². The van der Waals surface area contributed by atoms with Crippen molar-refractivity contribution in [2.24, 2.45) is 0 Å². The van der Waals surface area contributed by atoms with E-state index < -0.39 is 4.92 Å². The maximum atomic E-state index is 12.1. The molecule has 0 fully saturated rings. The molecule has 0 atom stereocenters. The standard InChI is InChI=1S/C14H12N6O3S/c21-13(15-6-10-4-2-1-3-5-10)14-18-17-12(24-14)9-19-8-11(7-16-19)20(22)23/h1-5,7-8H,6,9H2,(H,15,21). The van der Waals surface area contributed by atoms with Gasteiger partial charge in [-0.1, -0.05) is 41.7 Å². The first-order chi connectivity index (χ1) is 11.6. The van der Waals surface area contributed by atoms with Crippen molar-refractivity contribution in [1.29, 1.82) is 0 Å². The first-order valence-corrected chi connectivity index (χ1v) is 7.75. The SMILES string of the molecule is O=C(NCc1ccccc1)c1nnc(Cn2cc([N+](=O)[O-])cn2)s1. The fourth-order valence-corrected chi connectivity index (χ4v) is 2.68. The van der Waals surface area contributed by atoms with Gasteiger partial charge in [-0.2, -0.15) is 5.10 Å². The van der Waals surface area contributed by atoms with Gasteiger partial charge in [0.1, 0.15) is 17.4 Å². The number of nitro groups is 1. The molecule has 3 aromatic rings. The fraction of sp³-hybridized carbons (Fsp3) is 0.143. The maximum Gasteiger partial charge on any atom is 0.307 e. The molecule has 0 unspecified atom stereocenters. The number of rotatable bonds is 6. The first-order valence-electron chi connectivity index (χ1n) is 6.93. The van der Waals surface area contributed by atoms with Gasteiger partial charge in [0, 0.05) is 6.54 Å². The first kappa shape index (κ1) is 15.7. The van der Waals surface area contributed by atoms with Crippen molar-refractivity contribution in [3.8, 4) is 0 Å². The van der Waals surface area contributed by atoms with Crippen LogP contribution in [-0.4, -0.2) is 30.8 Å². The molecule has 0 spiro atoms. The van der Waals surface area contributed by atoms with Crippen LogP contribution in [0.2, 0.25) is 0 Å². The summed E-state index contributed by atoms with van der Waals surface area (Å²) in [5.41, 5.74) is 0.889. The average Bonchev–Trinajstić information content (AvgIpc) is 3.24. The summed E-state index contributed by atoms with van der Waals surface area (Å²) in [6.07, 6.45) is 2.46. The van der Waals surface area contributed by atoms with E-state index in [0.29, 0.717) is 11.6 Å². The third-order valence-corrected chi connectivity index (χ3v) is 3.99. The van der Waals surface area contributed by atoms with Gasteiger partial charge in [-0.15, -0.1) is 10.2 Å². The lowest BCUT2D eigenvalue weighted by Crippen LogP contribution is -2.22. The van der Waals surface area contributed by atoms with Gasteiger partial charge in [0.15, 0.2) is 0 Å². The van der Waals surface area contributed by atoms with Crippen LogP contribution in [0.15, 0.2) is 42.7 Å². The highest BCUT2D eigenvalue weighted by Crippen LogP contribution is 2.14. The molecule has 0 bridgehead atoms. The third kappa shape index (κ3) is 3.79. The number of nitrogens with zero attached hydrogens (tertiary/aromatic N) is 5. The highest BCUT2D eigenvalue weighted by atomic mass is 32.1. The van der Waals surface area contributed by atoms with E-state index >= 15 is 0 Å². The highest BCUT2D eigenvalue weighted by molar-refractivity contribution is 7.13. The summed E-state index contributed by atoms with van der Waals surface area (Å²) < 4.78 is 1.38. The van der Waals surface area contributed by atoms with Crippen molar-refractivity contribution in [3.05, 3.63) is 68.4 Å². The normalized spacial score (nSPS) is 10.5. The van der Waals surface area contributed by atoms with Crippen LogP contribution >= 0.6 is 11.3 Å². The number of nitrogens with one attached hydrogen (secondary N) is 1. The molecule has 0 aliphatic carbocycles. The molecule has 2 aromatic heterocycles. The molecule has 24 heavy (non-hydrogen) atoms. The molecule has 122 valence electrons. The second kappa shape index (κ2) is 6.96. The lowest BCUT2D eigenvalue weighted by Gasteiger charge is -2.02. The Morgan fingerprint density at radius 1 is 1.29 bits per heavy atom. The Hall–Kier alpha value is -3.14.